The fraction of sp³-hybridized carbons (Fsp3) is 0.619. The maximum absolute atomic E-state index is 12.7. The van der Waals surface area contributed by atoms with E-state index < -0.39 is 0 Å². The predicted octanol–water partition coefficient (Wildman–Crippen LogP) is 3.18. The molecule has 3 rings (SSSR count). The van der Waals surface area contributed by atoms with Crippen molar-refractivity contribution in [3.05, 3.63) is 30.1 Å². The Morgan fingerprint density at radius 2 is 1.96 bits per heavy atom. The molecule has 1 unspecified atom stereocenters. The van der Waals surface area contributed by atoms with Gasteiger partial charge in [0.1, 0.15) is 5.82 Å². The van der Waals surface area contributed by atoms with Gasteiger partial charge in [-0.3, -0.25) is 4.79 Å². The standard InChI is InChI=1S/C21H32N4O/c1-5-20-22-18-8-6-7-9-19(18)25(20)15-12-21(26)24-13-10-17(11-14-24)16(2)23(3)4/h6-9,16-17H,5,10-15H2,1-4H3. The Morgan fingerprint density at radius 1 is 1.27 bits per heavy atom. The summed E-state index contributed by atoms with van der Waals surface area (Å²) in [5.41, 5.74) is 2.16. The van der Waals surface area contributed by atoms with Crippen molar-refractivity contribution in [1.82, 2.24) is 19.4 Å². The first kappa shape index (κ1) is 18.9. The number of imidazole rings is 1. The fourth-order valence-corrected chi connectivity index (χ4v) is 4.06. The summed E-state index contributed by atoms with van der Waals surface area (Å²) in [6.07, 6.45) is 3.66. The van der Waals surface area contributed by atoms with E-state index in [0.29, 0.717) is 18.4 Å². The van der Waals surface area contributed by atoms with Crippen molar-refractivity contribution in [2.45, 2.75) is 52.1 Å². The van der Waals surface area contributed by atoms with E-state index in [1.165, 1.54) is 0 Å². The molecule has 1 fully saturated rings. The fourth-order valence-electron chi connectivity index (χ4n) is 4.06. The number of amides is 1. The predicted molar refractivity (Wildman–Crippen MR) is 106 cm³/mol. The molecule has 0 N–H and O–H groups in total. The number of nitrogens with zero attached hydrogens (tertiary/aromatic N) is 4. The van der Waals surface area contributed by atoms with E-state index in [1.807, 2.05) is 18.2 Å². The van der Waals surface area contributed by atoms with Crippen LogP contribution in [0.4, 0.5) is 0 Å². The third kappa shape index (κ3) is 3.93. The lowest BCUT2D eigenvalue weighted by Crippen LogP contribution is -2.43. The first-order valence-corrected chi connectivity index (χ1v) is 9.89. The molecule has 5 heteroatoms. The van der Waals surface area contributed by atoms with Crippen molar-refractivity contribution >= 4 is 16.9 Å². The molecule has 2 heterocycles. The van der Waals surface area contributed by atoms with Crippen molar-refractivity contribution in [1.29, 1.82) is 0 Å². The number of likely N-dealkylation sites (tertiary alicyclic amines) is 1. The average molecular weight is 357 g/mol. The number of aromatic nitrogens is 2. The van der Waals surface area contributed by atoms with E-state index in [-0.39, 0.29) is 5.91 Å². The van der Waals surface area contributed by atoms with Crippen molar-refractivity contribution in [2.24, 2.45) is 5.92 Å². The average Bonchev–Trinajstić information content (AvgIpc) is 3.03. The molecule has 1 aromatic carbocycles. The molecule has 0 saturated carbocycles. The van der Waals surface area contributed by atoms with Crippen molar-refractivity contribution < 1.29 is 4.79 Å². The van der Waals surface area contributed by atoms with Gasteiger partial charge in [0.05, 0.1) is 11.0 Å². The van der Waals surface area contributed by atoms with Gasteiger partial charge in [0.15, 0.2) is 0 Å². The van der Waals surface area contributed by atoms with Crippen LogP contribution < -0.4 is 0 Å². The highest BCUT2D eigenvalue weighted by atomic mass is 16.2. The zero-order valence-electron chi connectivity index (χ0n) is 16.6. The summed E-state index contributed by atoms with van der Waals surface area (Å²) in [6.45, 7) is 6.92. The molecule has 1 atom stereocenters. The van der Waals surface area contributed by atoms with Gasteiger partial charge < -0.3 is 14.4 Å². The van der Waals surface area contributed by atoms with Crippen LogP contribution in [0.5, 0.6) is 0 Å². The maximum atomic E-state index is 12.7. The molecule has 142 valence electrons. The highest BCUT2D eigenvalue weighted by molar-refractivity contribution is 5.78. The van der Waals surface area contributed by atoms with Crippen LogP contribution in [0.15, 0.2) is 24.3 Å². The number of rotatable bonds is 6. The Labute approximate surface area is 157 Å². The normalized spacial score (nSPS) is 17.2. The number of carbonyl (C=O) groups is 1. The largest absolute Gasteiger partial charge is 0.343 e. The number of benzene rings is 1. The van der Waals surface area contributed by atoms with E-state index >= 15 is 0 Å². The first-order valence-electron chi connectivity index (χ1n) is 9.89. The number of para-hydroxylation sites is 2. The minimum atomic E-state index is 0.279. The summed E-state index contributed by atoms with van der Waals surface area (Å²) >= 11 is 0. The van der Waals surface area contributed by atoms with Crippen LogP contribution in [-0.4, -0.2) is 58.5 Å². The van der Waals surface area contributed by atoms with Crippen LogP contribution in [0.25, 0.3) is 11.0 Å². The lowest BCUT2D eigenvalue weighted by atomic mass is 9.89. The molecule has 0 radical (unpaired) electrons. The monoisotopic (exact) mass is 356 g/mol. The quantitative estimate of drug-likeness (QED) is 0.798. The summed E-state index contributed by atoms with van der Waals surface area (Å²) in [5, 5.41) is 0. The van der Waals surface area contributed by atoms with Gasteiger partial charge in [0.25, 0.3) is 0 Å². The number of hydrogen-bond acceptors (Lipinski definition) is 3. The second-order valence-electron chi connectivity index (χ2n) is 7.69. The molecular formula is C21H32N4O. The number of fused-ring (bicyclic) bond motifs is 1. The lowest BCUT2D eigenvalue weighted by Gasteiger charge is -2.37. The van der Waals surface area contributed by atoms with Gasteiger partial charge in [0.2, 0.25) is 5.91 Å². The number of hydrogen-bond donors (Lipinski definition) is 0. The molecule has 1 aromatic heterocycles. The van der Waals surface area contributed by atoms with E-state index in [4.69, 9.17) is 4.98 Å². The van der Waals surface area contributed by atoms with Crippen molar-refractivity contribution in [3.8, 4) is 0 Å². The summed E-state index contributed by atoms with van der Waals surface area (Å²) in [7, 11) is 4.28. The van der Waals surface area contributed by atoms with E-state index in [0.717, 1.165) is 55.8 Å². The lowest BCUT2D eigenvalue weighted by molar-refractivity contribution is -0.133. The number of piperidine rings is 1. The van der Waals surface area contributed by atoms with Crippen molar-refractivity contribution in [3.63, 3.8) is 0 Å². The molecule has 2 aromatic rings. The van der Waals surface area contributed by atoms with Crippen LogP contribution in [0.3, 0.4) is 0 Å². The second-order valence-corrected chi connectivity index (χ2v) is 7.69. The van der Waals surface area contributed by atoms with Crippen LogP contribution in [-0.2, 0) is 17.8 Å². The molecule has 1 saturated heterocycles. The molecule has 1 aliphatic rings. The minimum absolute atomic E-state index is 0.279. The van der Waals surface area contributed by atoms with Gasteiger partial charge >= 0.3 is 0 Å². The topological polar surface area (TPSA) is 41.4 Å². The molecule has 1 amide bonds. The zero-order valence-corrected chi connectivity index (χ0v) is 16.6. The van der Waals surface area contributed by atoms with Crippen LogP contribution in [0.1, 0.15) is 38.9 Å². The highest BCUT2D eigenvalue weighted by Crippen LogP contribution is 2.24. The SMILES string of the molecule is CCc1nc2ccccc2n1CCC(=O)N1CCC(C(C)N(C)C)CC1. The van der Waals surface area contributed by atoms with Crippen LogP contribution in [0, 0.1) is 5.92 Å². The highest BCUT2D eigenvalue weighted by Gasteiger charge is 2.27. The van der Waals surface area contributed by atoms with Gasteiger partial charge in [-0.2, -0.15) is 0 Å². The van der Waals surface area contributed by atoms with Gasteiger partial charge in [-0.15, -0.1) is 0 Å². The van der Waals surface area contributed by atoms with Gasteiger partial charge in [-0.1, -0.05) is 19.1 Å². The Kier molecular flexibility index (Phi) is 5.97. The van der Waals surface area contributed by atoms with E-state index in [1.54, 1.807) is 0 Å². The molecule has 5 nitrogen and oxygen atoms in total. The smallest absolute Gasteiger partial charge is 0.224 e. The second kappa shape index (κ2) is 8.21. The number of aryl methyl sites for hydroxylation is 2. The molecule has 0 aliphatic carbocycles. The Balaban J connectivity index is 1.59. The Morgan fingerprint density at radius 3 is 2.62 bits per heavy atom. The summed E-state index contributed by atoms with van der Waals surface area (Å²) < 4.78 is 2.22. The summed E-state index contributed by atoms with van der Waals surface area (Å²) in [5.74, 6) is 2.04. The molecule has 26 heavy (non-hydrogen) atoms. The molecular weight excluding hydrogens is 324 g/mol. The third-order valence-corrected chi connectivity index (χ3v) is 5.99. The van der Waals surface area contributed by atoms with Crippen LogP contribution in [0.2, 0.25) is 0 Å². The van der Waals surface area contributed by atoms with Gasteiger partial charge in [0, 0.05) is 38.5 Å². The minimum Gasteiger partial charge on any atom is -0.343 e. The molecule has 1 aliphatic heterocycles. The molecule has 0 spiro atoms. The van der Waals surface area contributed by atoms with Gasteiger partial charge in [-0.05, 0) is 51.9 Å². The zero-order chi connectivity index (χ0) is 18.7. The molecule has 0 bridgehead atoms. The van der Waals surface area contributed by atoms with E-state index in [9.17, 15) is 4.79 Å². The summed E-state index contributed by atoms with van der Waals surface area (Å²) in [6, 6.07) is 8.78. The van der Waals surface area contributed by atoms with Gasteiger partial charge in [-0.25, -0.2) is 4.98 Å². The van der Waals surface area contributed by atoms with E-state index in [2.05, 4.69) is 48.4 Å². The van der Waals surface area contributed by atoms with Crippen molar-refractivity contribution in [2.75, 3.05) is 27.2 Å². The van der Waals surface area contributed by atoms with Crippen LogP contribution >= 0.6 is 0 Å². The summed E-state index contributed by atoms with van der Waals surface area (Å²) in [4.78, 5) is 21.8. The Hall–Kier alpha value is -1.88. The first-order chi connectivity index (χ1) is 12.5. The third-order valence-electron chi connectivity index (χ3n) is 5.99. The number of carbonyl (C=O) groups excluding carboxylic acids is 1. The Bertz CT molecular complexity index is 744. The maximum Gasteiger partial charge on any atom is 0.224 e.